The predicted octanol–water partition coefficient (Wildman–Crippen LogP) is 3.75. The fraction of sp³-hybridized carbons (Fsp3) is 0.214. The van der Waals surface area contributed by atoms with Gasteiger partial charge in [-0.05, 0) is 49.4 Å². The Bertz CT molecular complexity index is 1640. The van der Waals surface area contributed by atoms with Crippen molar-refractivity contribution in [1.82, 2.24) is 15.3 Å². The molecule has 40 heavy (non-hydrogen) atoms. The van der Waals surface area contributed by atoms with Crippen molar-refractivity contribution in [1.29, 1.82) is 0 Å². The number of pyridine rings is 2. The minimum Gasteiger partial charge on any atom is -0.489 e. The van der Waals surface area contributed by atoms with E-state index in [-0.39, 0.29) is 34.9 Å². The molecule has 1 aliphatic heterocycles. The van der Waals surface area contributed by atoms with Crippen LogP contribution in [0.15, 0.2) is 66.7 Å². The molecule has 0 spiro atoms. The van der Waals surface area contributed by atoms with E-state index in [1.165, 1.54) is 25.1 Å². The Balaban J connectivity index is 1.58. The van der Waals surface area contributed by atoms with Crippen LogP contribution in [0.5, 0.6) is 5.75 Å². The molecule has 2 aromatic carbocycles. The molecule has 0 aliphatic carbocycles. The maximum Gasteiger partial charge on any atom is 0.424 e. The Hall–Kier alpha value is -4.58. The minimum atomic E-state index is -5.33. The van der Waals surface area contributed by atoms with Gasteiger partial charge in [0.05, 0.1) is 17.8 Å². The first-order valence-electron chi connectivity index (χ1n) is 12.0. The van der Waals surface area contributed by atoms with E-state index in [2.05, 4.69) is 15.3 Å². The summed E-state index contributed by atoms with van der Waals surface area (Å²) < 4.78 is 62.8. The number of hydrogen-bond donors (Lipinski definition) is 3. The number of halogens is 4. The summed E-state index contributed by atoms with van der Waals surface area (Å²) in [7, 11) is 0. The van der Waals surface area contributed by atoms with Gasteiger partial charge >= 0.3 is 6.18 Å². The van der Waals surface area contributed by atoms with Gasteiger partial charge in [0.25, 0.3) is 5.91 Å². The van der Waals surface area contributed by atoms with Crippen LogP contribution < -0.4 is 15.8 Å². The number of nitrogens with zero attached hydrogens (tertiary/aromatic N) is 2. The first kappa shape index (κ1) is 27.0. The average molecular weight is 555 g/mol. The van der Waals surface area contributed by atoms with Gasteiger partial charge < -0.3 is 20.9 Å². The Labute approximate surface area is 224 Å². The summed E-state index contributed by atoms with van der Waals surface area (Å²) in [5.41, 5.74) is -0.336. The van der Waals surface area contributed by atoms with Crippen LogP contribution in [-0.2, 0) is 15.8 Å². The molecular weight excluding hydrogens is 532 g/mol. The number of nitrogens with two attached hydrogens (primary N) is 1. The standard InChI is InChI=1S/C28H22F4N4O4/c1-26(25(33)38)14-40-23-18(26)12-21(36-22(23)16-6-9-17(29)10-7-16)27(39,28(30,31)32)13-34-24(37)20-11-8-15-4-2-3-5-19(15)35-20/h2-12,39H,13-14H2,1H3,(H2,33,38)(H,34,37)/t26-,27-/m0/s1. The first-order chi connectivity index (χ1) is 18.8. The van der Waals surface area contributed by atoms with E-state index in [0.29, 0.717) is 5.52 Å². The molecule has 0 unspecified atom stereocenters. The highest BCUT2D eigenvalue weighted by Gasteiger charge is 2.57. The van der Waals surface area contributed by atoms with E-state index in [1.54, 1.807) is 30.3 Å². The number of amides is 2. The van der Waals surface area contributed by atoms with Gasteiger partial charge in [-0.25, -0.2) is 14.4 Å². The number of ether oxygens (including phenoxy) is 1. The Kier molecular flexibility index (Phi) is 6.45. The first-order valence-corrected chi connectivity index (χ1v) is 12.0. The summed E-state index contributed by atoms with van der Waals surface area (Å²) >= 11 is 0. The summed E-state index contributed by atoms with van der Waals surface area (Å²) in [6.07, 6.45) is -5.33. The number of aliphatic hydroxyl groups is 1. The molecule has 2 atom stereocenters. The second kappa shape index (κ2) is 9.56. The minimum absolute atomic E-state index is 0.0226. The lowest BCUT2D eigenvalue weighted by Gasteiger charge is -2.31. The highest BCUT2D eigenvalue weighted by Crippen LogP contribution is 2.47. The molecule has 0 saturated heterocycles. The number of primary amides is 1. The molecule has 4 N–H and O–H groups in total. The van der Waals surface area contributed by atoms with E-state index in [1.807, 2.05) is 0 Å². The van der Waals surface area contributed by atoms with E-state index < -0.39 is 47.1 Å². The van der Waals surface area contributed by atoms with Gasteiger partial charge in [0, 0.05) is 16.5 Å². The van der Waals surface area contributed by atoms with E-state index >= 15 is 0 Å². The van der Waals surface area contributed by atoms with Gasteiger partial charge in [0.15, 0.2) is 0 Å². The lowest BCUT2D eigenvalue weighted by molar-refractivity contribution is -0.265. The lowest BCUT2D eigenvalue weighted by Crippen LogP contribution is -2.52. The topological polar surface area (TPSA) is 127 Å². The fourth-order valence-electron chi connectivity index (χ4n) is 4.43. The summed E-state index contributed by atoms with van der Waals surface area (Å²) in [6.45, 7) is -0.225. The molecule has 0 saturated carbocycles. The van der Waals surface area contributed by atoms with Crippen LogP contribution in [-0.4, -0.2) is 46.2 Å². The molecule has 1 aliphatic rings. The second-order valence-electron chi connectivity index (χ2n) is 9.65. The normalized spacial score (nSPS) is 18.1. The van der Waals surface area contributed by atoms with E-state index in [0.717, 1.165) is 23.6 Å². The quantitative estimate of drug-likeness (QED) is 0.312. The number of fused-ring (bicyclic) bond motifs is 2. The number of nitrogens with one attached hydrogen (secondary N) is 1. The average Bonchev–Trinajstić information content (AvgIpc) is 3.28. The van der Waals surface area contributed by atoms with Crippen molar-refractivity contribution in [3.8, 4) is 17.0 Å². The van der Waals surface area contributed by atoms with Crippen LogP contribution in [0.3, 0.4) is 0 Å². The van der Waals surface area contributed by atoms with E-state index in [4.69, 9.17) is 10.5 Å². The third-order valence-corrected chi connectivity index (χ3v) is 6.96. The van der Waals surface area contributed by atoms with Crippen molar-refractivity contribution in [3.63, 3.8) is 0 Å². The highest BCUT2D eigenvalue weighted by molar-refractivity contribution is 5.95. The van der Waals surface area contributed by atoms with Crippen molar-refractivity contribution in [2.75, 3.05) is 13.2 Å². The van der Waals surface area contributed by atoms with Gasteiger partial charge in [0.1, 0.15) is 35.0 Å². The van der Waals surface area contributed by atoms with Crippen LogP contribution in [0, 0.1) is 5.82 Å². The van der Waals surface area contributed by atoms with Crippen LogP contribution in [0.2, 0.25) is 0 Å². The maximum atomic E-state index is 14.5. The molecule has 12 heteroatoms. The number of carbonyl (C=O) groups is 2. The second-order valence-corrected chi connectivity index (χ2v) is 9.65. The third kappa shape index (κ3) is 4.49. The van der Waals surface area contributed by atoms with E-state index in [9.17, 15) is 32.3 Å². The molecule has 2 amide bonds. The monoisotopic (exact) mass is 554 g/mol. The van der Waals surface area contributed by atoms with Crippen molar-refractivity contribution in [2.45, 2.75) is 24.1 Å². The van der Waals surface area contributed by atoms with Gasteiger partial charge in [-0.1, -0.05) is 24.3 Å². The fourth-order valence-corrected chi connectivity index (χ4v) is 4.43. The zero-order valence-corrected chi connectivity index (χ0v) is 20.9. The summed E-state index contributed by atoms with van der Waals surface area (Å²) in [5.74, 6) is -2.46. The van der Waals surface area contributed by atoms with Crippen LogP contribution in [0.1, 0.15) is 28.7 Å². The Morgan fingerprint density at radius 3 is 2.45 bits per heavy atom. The van der Waals surface area contributed by atoms with Gasteiger partial charge in [-0.2, -0.15) is 13.2 Å². The summed E-state index contributed by atoms with van der Waals surface area (Å²) in [5, 5.41) is 13.9. The highest BCUT2D eigenvalue weighted by atomic mass is 19.4. The van der Waals surface area contributed by atoms with Gasteiger partial charge in [-0.3, -0.25) is 9.59 Å². The molecule has 0 fully saturated rings. The maximum absolute atomic E-state index is 14.5. The van der Waals surface area contributed by atoms with Crippen molar-refractivity contribution >= 4 is 22.7 Å². The number of para-hydroxylation sites is 1. The molecule has 3 heterocycles. The lowest BCUT2D eigenvalue weighted by atomic mass is 9.81. The van der Waals surface area contributed by atoms with Crippen molar-refractivity contribution < 1.29 is 37.0 Å². The number of hydrogen-bond acceptors (Lipinski definition) is 6. The Morgan fingerprint density at radius 1 is 1.07 bits per heavy atom. The third-order valence-electron chi connectivity index (χ3n) is 6.96. The molecule has 5 rings (SSSR count). The summed E-state index contributed by atoms with van der Waals surface area (Å²) in [4.78, 5) is 33.4. The van der Waals surface area contributed by atoms with Crippen LogP contribution in [0.25, 0.3) is 22.2 Å². The number of rotatable bonds is 6. The number of carbonyl (C=O) groups excluding carboxylic acids is 2. The molecule has 2 aromatic heterocycles. The molecule has 0 radical (unpaired) electrons. The predicted molar refractivity (Wildman–Crippen MR) is 136 cm³/mol. The van der Waals surface area contributed by atoms with Crippen molar-refractivity contribution in [3.05, 3.63) is 89.5 Å². The molecular formula is C28H22F4N4O4. The molecule has 0 bridgehead atoms. The zero-order chi connectivity index (χ0) is 28.9. The molecule has 206 valence electrons. The number of aromatic nitrogens is 2. The van der Waals surface area contributed by atoms with Crippen LogP contribution in [0.4, 0.5) is 17.6 Å². The van der Waals surface area contributed by atoms with Gasteiger partial charge in [-0.15, -0.1) is 0 Å². The molecule has 4 aromatic rings. The largest absolute Gasteiger partial charge is 0.489 e. The zero-order valence-electron chi connectivity index (χ0n) is 20.9. The van der Waals surface area contributed by atoms with Crippen LogP contribution >= 0.6 is 0 Å². The number of benzene rings is 2. The molecule has 8 nitrogen and oxygen atoms in total. The SMILES string of the molecule is C[C@]1(C(N)=O)COc2c1cc([C@@](O)(CNC(=O)c1ccc3ccccc3n1)C(F)(F)F)nc2-c1ccc(F)cc1. The van der Waals surface area contributed by atoms with Crippen molar-refractivity contribution in [2.24, 2.45) is 5.73 Å². The number of alkyl halides is 3. The van der Waals surface area contributed by atoms with Gasteiger partial charge in [0.2, 0.25) is 11.5 Å². The summed E-state index contributed by atoms with van der Waals surface area (Å²) in [6, 6.07) is 15.4. The Morgan fingerprint density at radius 2 is 1.77 bits per heavy atom. The smallest absolute Gasteiger partial charge is 0.424 e.